The molecule has 0 saturated carbocycles. The molecule has 0 atom stereocenters. The van der Waals surface area contributed by atoms with Crippen molar-refractivity contribution in [2.45, 2.75) is 38.1 Å². The third kappa shape index (κ3) is 3.67. The predicted molar refractivity (Wildman–Crippen MR) is 91.6 cm³/mol. The van der Waals surface area contributed by atoms with E-state index in [0.29, 0.717) is 13.1 Å². The molecule has 1 aromatic heterocycles. The predicted octanol–water partition coefficient (Wildman–Crippen LogP) is 1.71. The van der Waals surface area contributed by atoms with E-state index in [1.165, 1.54) is 0 Å². The second-order valence-corrected chi connectivity index (χ2v) is 8.38. The van der Waals surface area contributed by atoms with Gasteiger partial charge in [0.2, 0.25) is 0 Å². The summed E-state index contributed by atoms with van der Waals surface area (Å²) in [5.41, 5.74) is 0. The third-order valence-corrected chi connectivity index (χ3v) is 7.00. The van der Waals surface area contributed by atoms with E-state index in [9.17, 15) is 8.42 Å². The van der Waals surface area contributed by atoms with Crippen molar-refractivity contribution in [3.63, 3.8) is 0 Å². The van der Waals surface area contributed by atoms with Gasteiger partial charge in [0, 0.05) is 45.5 Å². The molecule has 7 heteroatoms. The maximum atomic E-state index is 12.8. The van der Waals surface area contributed by atoms with Gasteiger partial charge in [-0.1, -0.05) is 12.5 Å². The SMILES string of the molecule is CN(C1CCN(c2ccccn2)CC1)S(=O)(=O)N1CCCCC1. The molecular weight excluding hydrogens is 312 g/mol. The lowest BCUT2D eigenvalue weighted by Gasteiger charge is -2.39. The minimum Gasteiger partial charge on any atom is -0.357 e. The first-order valence-corrected chi connectivity index (χ1v) is 9.88. The quantitative estimate of drug-likeness (QED) is 0.839. The zero-order chi connectivity index (χ0) is 16.3. The molecule has 0 unspecified atom stereocenters. The zero-order valence-corrected chi connectivity index (χ0v) is 14.6. The van der Waals surface area contributed by atoms with Gasteiger partial charge in [-0.2, -0.15) is 17.0 Å². The average molecular weight is 338 g/mol. The van der Waals surface area contributed by atoms with Gasteiger partial charge in [0.25, 0.3) is 10.2 Å². The second-order valence-electron chi connectivity index (χ2n) is 6.39. The first-order chi connectivity index (χ1) is 11.1. The van der Waals surface area contributed by atoms with Gasteiger partial charge in [-0.3, -0.25) is 0 Å². The van der Waals surface area contributed by atoms with Crippen molar-refractivity contribution in [2.24, 2.45) is 0 Å². The second kappa shape index (κ2) is 7.15. The summed E-state index contributed by atoms with van der Waals surface area (Å²) in [5.74, 6) is 0.979. The molecular formula is C16H26N4O2S. The van der Waals surface area contributed by atoms with E-state index in [1.54, 1.807) is 21.9 Å². The Balaban J connectivity index is 1.60. The standard InChI is InChI=1S/C16H26N4O2S/c1-18(23(21,22)20-11-5-2-6-12-20)15-8-13-19(14-9-15)16-7-3-4-10-17-16/h3-4,7,10,15H,2,5-6,8-9,11-14H2,1H3. The van der Waals surface area contributed by atoms with Crippen LogP contribution in [0.4, 0.5) is 5.82 Å². The molecule has 2 saturated heterocycles. The molecule has 0 radical (unpaired) electrons. The lowest BCUT2D eigenvalue weighted by molar-refractivity contribution is 0.266. The summed E-state index contributed by atoms with van der Waals surface area (Å²) >= 11 is 0. The van der Waals surface area contributed by atoms with E-state index >= 15 is 0 Å². The van der Waals surface area contributed by atoms with Gasteiger partial charge in [-0.05, 0) is 37.8 Å². The van der Waals surface area contributed by atoms with Crippen LogP contribution in [0.2, 0.25) is 0 Å². The Morgan fingerprint density at radius 1 is 1.09 bits per heavy atom. The van der Waals surface area contributed by atoms with E-state index in [2.05, 4.69) is 9.88 Å². The molecule has 6 nitrogen and oxygen atoms in total. The van der Waals surface area contributed by atoms with Crippen LogP contribution in [0.15, 0.2) is 24.4 Å². The molecule has 2 aliphatic rings. The van der Waals surface area contributed by atoms with Crippen molar-refractivity contribution in [1.82, 2.24) is 13.6 Å². The number of piperidine rings is 2. The minimum atomic E-state index is -3.31. The van der Waals surface area contributed by atoms with E-state index < -0.39 is 10.2 Å². The number of pyridine rings is 1. The van der Waals surface area contributed by atoms with Crippen molar-refractivity contribution >= 4 is 16.0 Å². The average Bonchev–Trinajstić information content (AvgIpc) is 2.63. The summed E-state index contributed by atoms with van der Waals surface area (Å²) in [4.78, 5) is 6.61. The molecule has 0 spiro atoms. The largest absolute Gasteiger partial charge is 0.357 e. The summed E-state index contributed by atoms with van der Waals surface area (Å²) in [7, 11) is -1.57. The third-order valence-electron chi connectivity index (χ3n) is 4.96. The van der Waals surface area contributed by atoms with Crippen LogP contribution in [-0.4, -0.2) is 61.3 Å². The molecule has 0 amide bonds. The highest BCUT2D eigenvalue weighted by Gasteiger charge is 2.34. The smallest absolute Gasteiger partial charge is 0.281 e. The molecule has 0 aromatic carbocycles. The molecule has 2 aliphatic heterocycles. The van der Waals surface area contributed by atoms with Gasteiger partial charge in [0.15, 0.2) is 0 Å². The molecule has 0 aliphatic carbocycles. The molecule has 2 fully saturated rings. The van der Waals surface area contributed by atoms with Crippen molar-refractivity contribution in [3.8, 4) is 0 Å². The van der Waals surface area contributed by atoms with Gasteiger partial charge in [-0.15, -0.1) is 0 Å². The Bertz CT molecular complexity index is 594. The van der Waals surface area contributed by atoms with Crippen molar-refractivity contribution in [1.29, 1.82) is 0 Å². The van der Waals surface area contributed by atoms with E-state index in [1.807, 2.05) is 18.2 Å². The Morgan fingerprint density at radius 2 is 1.78 bits per heavy atom. The summed E-state index contributed by atoms with van der Waals surface area (Å²) in [6.45, 7) is 3.03. The van der Waals surface area contributed by atoms with Crippen LogP contribution in [0.3, 0.4) is 0 Å². The number of aromatic nitrogens is 1. The number of hydrogen-bond donors (Lipinski definition) is 0. The zero-order valence-electron chi connectivity index (χ0n) is 13.8. The van der Waals surface area contributed by atoms with Crippen molar-refractivity contribution in [3.05, 3.63) is 24.4 Å². The molecule has 1 aromatic rings. The van der Waals surface area contributed by atoms with Crippen LogP contribution in [-0.2, 0) is 10.2 Å². The highest BCUT2D eigenvalue weighted by Crippen LogP contribution is 2.24. The monoisotopic (exact) mass is 338 g/mol. The van der Waals surface area contributed by atoms with Crippen LogP contribution in [0.1, 0.15) is 32.1 Å². The highest BCUT2D eigenvalue weighted by molar-refractivity contribution is 7.86. The van der Waals surface area contributed by atoms with Crippen LogP contribution in [0.5, 0.6) is 0 Å². The molecule has 3 rings (SSSR count). The van der Waals surface area contributed by atoms with Crippen LogP contribution in [0, 0.1) is 0 Å². The Labute approximate surface area is 139 Å². The fourth-order valence-electron chi connectivity index (χ4n) is 3.47. The topological polar surface area (TPSA) is 56.8 Å². The number of hydrogen-bond acceptors (Lipinski definition) is 4. The highest BCUT2D eigenvalue weighted by atomic mass is 32.2. The Morgan fingerprint density at radius 3 is 2.39 bits per heavy atom. The van der Waals surface area contributed by atoms with Crippen LogP contribution >= 0.6 is 0 Å². The minimum absolute atomic E-state index is 0.0851. The van der Waals surface area contributed by atoms with Gasteiger partial charge in [0.05, 0.1) is 0 Å². The molecule has 0 bridgehead atoms. The fourth-order valence-corrected chi connectivity index (χ4v) is 5.14. The number of rotatable bonds is 4. The van der Waals surface area contributed by atoms with Crippen molar-refractivity contribution < 1.29 is 8.42 Å². The Kier molecular flexibility index (Phi) is 5.18. The van der Waals surface area contributed by atoms with Gasteiger partial charge in [0.1, 0.15) is 5.82 Å². The van der Waals surface area contributed by atoms with Gasteiger partial charge in [-0.25, -0.2) is 4.98 Å². The van der Waals surface area contributed by atoms with Crippen molar-refractivity contribution in [2.75, 3.05) is 38.1 Å². The fraction of sp³-hybridized carbons (Fsp3) is 0.688. The summed E-state index contributed by atoms with van der Waals surface area (Å²) in [6, 6.07) is 5.99. The summed E-state index contributed by atoms with van der Waals surface area (Å²) < 4.78 is 28.8. The van der Waals surface area contributed by atoms with Gasteiger partial charge < -0.3 is 4.90 Å². The van der Waals surface area contributed by atoms with E-state index in [-0.39, 0.29) is 6.04 Å². The molecule has 23 heavy (non-hydrogen) atoms. The van der Waals surface area contributed by atoms with Crippen LogP contribution in [0.25, 0.3) is 0 Å². The first kappa shape index (κ1) is 16.7. The molecule has 3 heterocycles. The molecule has 128 valence electrons. The normalized spacial score (nSPS) is 21.7. The number of anilines is 1. The van der Waals surface area contributed by atoms with E-state index in [0.717, 1.165) is 51.0 Å². The lowest BCUT2D eigenvalue weighted by Crippen LogP contribution is -2.51. The Hall–Kier alpha value is -1.18. The maximum absolute atomic E-state index is 12.8. The van der Waals surface area contributed by atoms with Gasteiger partial charge >= 0.3 is 0 Å². The number of nitrogens with zero attached hydrogens (tertiary/aromatic N) is 4. The first-order valence-electron chi connectivity index (χ1n) is 8.48. The molecule has 0 N–H and O–H groups in total. The summed E-state index contributed by atoms with van der Waals surface area (Å²) in [5, 5.41) is 0. The lowest BCUT2D eigenvalue weighted by atomic mass is 10.1. The van der Waals surface area contributed by atoms with Crippen LogP contribution < -0.4 is 4.90 Å². The summed E-state index contributed by atoms with van der Waals surface area (Å²) in [6.07, 6.45) is 6.59. The maximum Gasteiger partial charge on any atom is 0.281 e. The van der Waals surface area contributed by atoms with E-state index in [4.69, 9.17) is 0 Å².